The summed E-state index contributed by atoms with van der Waals surface area (Å²) in [6.45, 7) is 8.27. The Balaban J connectivity index is 1.86. The molecule has 1 aromatic rings. The molecule has 0 atom stereocenters. The third-order valence-corrected chi connectivity index (χ3v) is 6.25. The Morgan fingerprint density at radius 3 is 1.77 bits per heavy atom. The molecule has 0 saturated carbocycles. The van der Waals surface area contributed by atoms with Crippen molar-refractivity contribution in [1.29, 1.82) is 0 Å². The Hall–Kier alpha value is -2.69. The number of rotatable bonds is 2. The number of ether oxygens (including phenoxy) is 2. The number of allylic oxidation sites excluding steroid dienone is 4. The van der Waals surface area contributed by atoms with Gasteiger partial charge in [0.05, 0.1) is 12.7 Å². The van der Waals surface area contributed by atoms with Gasteiger partial charge in [0, 0.05) is 42.7 Å². The van der Waals surface area contributed by atoms with Crippen molar-refractivity contribution in [3.8, 4) is 0 Å². The SMILES string of the molecule is COC(=O)c1ccc(C2C3=C(CC(C)(C)CC3=O)OC3=C2C(=O)CC(C)(C)C3)cc1. The highest BCUT2D eigenvalue weighted by molar-refractivity contribution is 6.06. The average Bonchev–Trinajstić information content (AvgIpc) is 2.63. The highest BCUT2D eigenvalue weighted by Crippen LogP contribution is 2.53. The lowest BCUT2D eigenvalue weighted by atomic mass is 9.65. The maximum atomic E-state index is 13.2. The van der Waals surface area contributed by atoms with Gasteiger partial charge in [-0.3, -0.25) is 9.59 Å². The molecule has 0 fully saturated rings. The summed E-state index contributed by atoms with van der Waals surface area (Å²) in [6.07, 6.45) is 2.18. The molecule has 0 bridgehead atoms. The molecule has 158 valence electrons. The zero-order chi connectivity index (χ0) is 21.8. The summed E-state index contributed by atoms with van der Waals surface area (Å²) in [5.41, 5.74) is 2.11. The molecule has 0 N–H and O–H groups in total. The summed E-state index contributed by atoms with van der Waals surface area (Å²) in [4.78, 5) is 38.3. The molecule has 30 heavy (non-hydrogen) atoms. The Bertz CT molecular complexity index is 952. The monoisotopic (exact) mass is 408 g/mol. The van der Waals surface area contributed by atoms with Crippen LogP contribution in [0, 0.1) is 10.8 Å². The van der Waals surface area contributed by atoms with Crippen molar-refractivity contribution < 1.29 is 23.9 Å². The summed E-state index contributed by atoms with van der Waals surface area (Å²) in [5.74, 6) is 0.604. The molecule has 0 radical (unpaired) electrons. The summed E-state index contributed by atoms with van der Waals surface area (Å²) < 4.78 is 11.1. The minimum atomic E-state index is -0.442. The largest absolute Gasteiger partial charge is 0.465 e. The van der Waals surface area contributed by atoms with Crippen LogP contribution in [0.3, 0.4) is 0 Å². The molecule has 1 heterocycles. The summed E-state index contributed by atoms with van der Waals surface area (Å²) in [6, 6.07) is 7.01. The minimum absolute atomic E-state index is 0.0347. The first-order valence-electron chi connectivity index (χ1n) is 10.4. The molecule has 0 saturated heterocycles. The Morgan fingerprint density at radius 1 is 0.867 bits per heavy atom. The van der Waals surface area contributed by atoms with Gasteiger partial charge in [-0.15, -0.1) is 0 Å². The summed E-state index contributed by atoms with van der Waals surface area (Å²) >= 11 is 0. The van der Waals surface area contributed by atoms with Crippen LogP contribution in [0.4, 0.5) is 0 Å². The van der Waals surface area contributed by atoms with Gasteiger partial charge < -0.3 is 9.47 Å². The quantitative estimate of drug-likeness (QED) is 0.653. The third kappa shape index (κ3) is 3.51. The summed E-state index contributed by atoms with van der Waals surface area (Å²) in [7, 11) is 1.34. The number of hydrogen-bond acceptors (Lipinski definition) is 5. The number of methoxy groups -OCH3 is 1. The van der Waals surface area contributed by atoms with Crippen LogP contribution in [-0.2, 0) is 19.1 Å². The van der Waals surface area contributed by atoms with Gasteiger partial charge in [0.15, 0.2) is 11.6 Å². The molecule has 0 spiro atoms. The van der Waals surface area contributed by atoms with E-state index in [4.69, 9.17) is 9.47 Å². The first kappa shape index (κ1) is 20.6. The van der Waals surface area contributed by atoms with Crippen LogP contribution in [0.25, 0.3) is 0 Å². The standard InChI is InChI=1S/C25H28O5/c1-24(2)10-16(26)21-18(12-24)30-19-13-25(3,4)11-17(27)22(19)20(21)14-6-8-15(9-7-14)23(28)29-5/h6-9,20H,10-13H2,1-5H3. The lowest BCUT2D eigenvalue weighted by Gasteiger charge is -2.42. The second-order valence-corrected chi connectivity index (χ2v) is 10.2. The fourth-order valence-electron chi connectivity index (χ4n) is 4.94. The fourth-order valence-corrected chi connectivity index (χ4v) is 4.94. The molecule has 1 aromatic carbocycles. The minimum Gasteiger partial charge on any atom is -0.465 e. The van der Waals surface area contributed by atoms with E-state index in [1.807, 2.05) is 12.1 Å². The molecule has 5 heteroatoms. The number of ketones is 2. The third-order valence-electron chi connectivity index (χ3n) is 6.25. The highest BCUT2D eigenvalue weighted by Gasteiger charge is 2.47. The van der Waals surface area contributed by atoms with Crippen LogP contribution in [0.1, 0.15) is 75.2 Å². The smallest absolute Gasteiger partial charge is 0.337 e. The molecule has 1 aliphatic heterocycles. The maximum Gasteiger partial charge on any atom is 0.337 e. The van der Waals surface area contributed by atoms with E-state index in [1.165, 1.54) is 7.11 Å². The lowest BCUT2D eigenvalue weighted by molar-refractivity contribution is -0.120. The van der Waals surface area contributed by atoms with Gasteiger partial charge in [-0.1, -0.05) is 39.8 Å². The van der Waals surface area contributed by atoms with E-state index < -0.39 is 11.9 Å². The van der Waals surface area contributed by atoms with Crippen LogP contribution in [0.15, 0.2) is 46.9 Å². The number of esters is 1. The van der Waals surface area contributed by atoms with Crippen LogP contribution >= 0.6 is 0 Å². The van der Waals surface area contributed by atoms with E-state index in [-0.39, 0.29) is 22.4 Å². The normalized spacial score (nSPS) is 23.0. The van der Waals surface area contributed by atoms with E-state index in [0.717, 1.165) is 5.56 Å². The molecule has 0 aromatic heterocycles. The van der Waals surface area contributed by atoms with Gasteiger partial charge in [0.1, 0.15) is 11.5 Å². The van der Waals surface area contributed by atoms with Crippen molar-refractivity contribution >= 4 is 17.5 Å². The van der Waals surface area contributed by atoms with Gasteiger partial charge >= 0.3 is 5.97 Å². The molecule has 0 unspecified atom stereocenters. The number of Topliss-reactive ketones (excluding diaryl/α,β-unsaturated/α-hetero) is 2. The van der Waals surface area contributed by atoms with E-state index >= 15 is 0 Å². The van der Waals surface area contributed by atoms with Gasteiger partial charge in [-0.25, -0.2) is 4.79 Å². The Kier molecular flexibility index (Phi) is 4.75. The molecular weight excluding hydrogens is 380 g/mol. The van der Waals surface area contributed by atoms with E-state index in [2.05, 4.69) is 27.7 Å². The zero-order valence-corrected chi connectivity index (χ0v) is 18.3. The predicted molar refractivity (Wildman–Crippen MR) is 112 cm³/mol. The van der Waals surface area contributed by atoms with E-state index in [1.54, 1.807) is 12.1 Å². The van der Waals surface area contributed by atoms with Crippen molar-refractivity contribution in [2.24, 2.45) is 10.8 Å². The van der Waals surface area contributed by atoms with Crippen molar-refractivity contribution in [1.82, 2.24) is 0 Å². The van der Waals surface area contributed by atoms with Crippen molar-refractivity contribution in [2.45, 2.75) is 59.3 Å². The first-order valence-corrected chi connectivity index (χ1v) is 10.4. The fraction of sp³-hybridized carbons (Fsp3) is 0.480. The molecule has 5 nitrogen and oxygen atoms in total. The van der Waals surface area contributed by atoms with Crippen molar-refractivity contribution in [2.75, 3.05) is 7.11 Å². The van der Waals surface area contributed by atoms with Crippen LogP contribution < -0.4 is 0 Å². The average molecular weight is 408 g/mol. The van der Waals surface area contributed by atoms with Crippen molar-refractivity contribution in [3.05, 3.63) is 58.1 Å². The van der Waals surface area contributed by atoms with Gasteiger partial charge in [-0.05, 0) is 28.5 Å². The van der Waals surface area contributed by atoms with Crippen LogP contribution in [-0.4, -0.2) is 24.6 Å². The highest BCUT2D eigenvalue weighted by atomic mass is 16.5. The predicted octanol–water partition coefficient (Wildman–Crippen LogP) is 4.87. The number of carbonyl (C=O) groups excluding carboxylic acids is 3. The second-order valence-electron chi connectivity index (χ2n) is 10.2. The maximum absolute atomic E-state index is 13.2. The molecule has 4 rings (SSSR count). The van der Waals surface area contributed by atoms with Gasteiger partial charge in [0.25, 0.3) is 0 Å². The number of carbonyl (C=O) groups is 3. The number of hydrogen-bond donors (Lipinski definition) is 0. The zero-order valence-electron chi connectivity index (χ0n) is 18.3. The Labute approximate surface area is 177 Å². The molecule has 2 aliphatic carbocycles. The van der Waals surface area contributed by atoms with Crippen molar-refractivity contribution in [3.63, 3.8) is 0 Å². The Morgan fingerprint density at radius 2 is 1.33 bits per heavy atom. The van der Waals surface area contributed by atoms with Crippen LogP contribution in [0.5, 0.6) is 0 Å². The number of benzene rings is 1. The topological polar surface area (TPSA) is 69.7 Å². The van der Waals surface area contributed by atoms with E-state index in [9.17, 15) is 14.4 Å². The van der Waals surface area contributed by atoms with Gasteiger partial charge in [0.2, 0.25) is 0 Å². The lowest BCUT2D eigenvalue weighted by Crippen LogP contribution is -2.37. The molecule has 3 aliphatic rings. The molecule has 0 amide bonds. The van der Waals surface area contributed by atoms with Gasteiger partial charge in [-0.2, -0.15) is 0 Å². The first-order chi connectivity index (χ1) is 14.0. The second kappa shape index (κ2) is 6.93. The van der Waals surface area contributed by atoms with E-state index in [0.29, 0.717) is 53.9 Å². The van der Waals surface area contributed by atoms with Crippen LogP contribution in [0.2, 0.25) is 0 Å². The summed E-state index contributed by atoms with van der Waals surface area (Å²) in [5, 5.41) is 0. The molecular formula is C25H28O5.